The summed E-state index contributed by atoms with van der Waals surface area (Å²) >= 11 is 0. The zero-order valence-corrected chi connectivity index (χ0v) is 7.48. The normalized spacial score (nSPS) is 16.9. The van der Waals surface area contributed by atoms with E-state index in [9.17, 15) is 0 Å². The molecule has 0 amide bonds. The van der Waals surface area contributed by atoms with Crippen LogP contribution < -0.4 is 0 Å². The monoisotopic (exact) mass is 141 g/mol. The van der Waals surface area contributed by atoms with Gasteiger partial charge in [0.15, 0.2) is 0 Å². The third kappa shape index (κ3) is 5.80. The van der Waals surface area contributed by atoms with E-state index in [-0.39, 0.29) is 0 Å². The number of rotatable bonds is 0. The van der Waals surface area contributed by atoms with Gasteiger partial charge in [0.2, 0.25) is 0 Å². The molecule has 60 valence electrons. The van der Waals surface area contributed by atoms with Gasteiger partial charge in [0.25, 0.3) is 0 Å². The second-order valence-electron chi connectivity index (χ2n) is 2.78. The first-order valence-electron chi connectivity index (χ1n) is 4.31. The predicted molar refractivity (Wildman–Crippen MR) is 47.8 cm³/mol. The van der Waals surface area contributed by atoms with E-state index in [4.69, 9.17) is 0 Å². The maximum absolute atomic E-state index is 4.25. The second kappa shape index (κ2) is 6.79. The first kappa shape index (κ1) is 9.67. The fourth-order valence-corrected chi connectivity index (χ4v) is 0.842. The molecule has 1 heterocycles. The van der Waals surface area contributed by atoms with Crippen LogP contribution in [0, 0.1) is 0 Å². The van der Waals surface area contributed by atoms with Gasteiger partial charge in [-0.3, -0.25) is 4.99 Å². The predicted octanol–water partition coefficient (Wildman–Crippen LogP) is 3.05. The molecule has 0 radical (unpaired) electrons. The molecule has 0 N–H and O–H groups in total. The van der Waals surface area contributed by atoms with Crippen molar-refractivity contribution in [1.29, 1.82) is 0 Å². The van der Waals surface area contributed by atoms with Crippen molar-refractivity contribution in [3.8, 4) is 0 Å². The average Bonchev–Trinajstić information content (AvgIpc) is 1.91. The average molecular weight is 141 g/mol. The standard InChI is InChI=1S/C6H11N.C3H8/c1-6-4-2-3-5-7-6;1-3-2/h2-5H2,1H3;3H2,1-2H3. The van der Waals surface area contributed by atoms with E-state index in [1.165, 1.54) is 31.4 Å². The lowest BCUT2D eigenvalue weighted by atomic mass is 10.1. The molecule has 0 aliphatic carbocycles. The van der Waals surface area contributed by atoms with Crippen LogP contribution in [0.5, 0.6) is 0 Å². The molecule has 0 aromatic heterocycles. The van der Waals surface area contributed by atoms with Gasteiger partial charge in [0, 0.05) is 12.3 Å². The topological polar surface area (TPSA) is 12.4 Å². The molecule has 0 saturated carbocycles. The Kier molecular flexibility index (Phi) is 6.56. The summed E-state index contributed by atoms with van der Waals surface area (Å²) in [5.41, 5.74) is 1.34. The maximum Gasteiger partial charge on any atom is 0.0388 e. The lowest BCUT2D eigenvalue weighted by Gasteiger charge is -2.04. The van der Waals surface area contributed by atoms with Crippen molar-refractivity contribution >= 4 is 5.71 Å². The van der Waals surface area contributed by atoms with Gasteiger partial charge in [-0.2, -0.15) is 0 Å². The summed E-state index contributed by atoms with van der Waals surface area (Å²) in [7, 11) is 0. The van der Waals surface area contributed by atoms with Gasteiger partial charge >= 0.3 is 0 Å². The van der Waals surface area contributed by atoms with Crippen LogP contribution >= 0.6 is 0 Å². The molecular formula is C9H19N. The smallest absolute Gasteiger partial charge is 0.0388 e. The molecule has 0 atom stereocenters. The zero-order chi connectivity index (χ0) is 7.82. The third-order valence-corrected chi connectivity index (χ3v) is 1.33. The summed E-state index contributed by atoms with van der Waals surface area (Å²) in [5.74, 6) is 0. The van der Waals surface area contributed by atoms with Gasteiger partial charge < -0.3 is 0 Å². The molecule has 0 aromatic rings. The fraction of sp³-hybridized carbons (Fsp3) is 0.889. The van der Waals surface area contributed by atoms with E-state index >= 15 is 0 Å². The maximum atomic E-state index is 4.25. The molecule has 0 fully saturated rings. The largest absolute Gasteiger partial charge is 0.294 e. The van der Waals surface area contributed by atoms with Gasteiger partial charge in [0.1, 0.15) is 0 Å². The number of nitrogens with zero attached hydrogens (tertiary/aromatic N) is 1. The third-order valence-electron chi connectivity index (χ3n) is 1.33. The Bertz CT molecular complexity index is 94.9. The summed E-state index contributed by atoms with van der Waals surface area (Å²) in [6, 6.07) is 0. The highest BCUT2D eigenvalue weighted by Gasteiger charge is 1.96. The van der Waals surface area contributed by atoms with Crippen molar-refractivity contribution < 1.29 is 0 Å². The van der Waals surface area contributed by atoms with E-state index in [1.807, 2.05) is 0 Å². The fourth-order valence-electron chi connectivity index (χ4n) is 0.842. The van der Waals surface area contributed by atoms with Crippen molar-refractivity contribution in [2.75, 3.05) is 6.54 Å². The molecule has 10 heavy (non-hydrogen) atoms. The molecule has 0 bridgehead atoms. The van der Waals surface area contributed by atoms with E-state index in [0.29, 0.717) is 0 Å². The van der Waals surface area contributed by atoms with Crippen LogP contribution in [-0.2, 0) is 0 Å². The van der Waals surface area contributed by atoms with Gasteiger partial charge in [-0.1, -0.05) is 20.3 Å². The van der Waals surface area contributed by atoms with Gasteiger partial charge in [-0.25, -0.2) is 0 Å². The van der Waals surface area contributed by atoms with E-state index in [0.717, 1.165) is 6.54 Å². The van der Waals surface area contributed by atoms with Crippen molar-refractivity contribution in [3.05, 3.63) is 0 Å². The molecule has 1 rings (SSSR count). The summed E-state index contributed by atoms with van der Waals surface area (Å²) in [6.07, 6.45) is 5.15. The van der Waals surface area contributed by atoms with Crippen LogP contribution in [0.15, 0.2) is 4.99 Å². The quantitative estimate of drug-likeness (QED) is 0.491. The second-order valence-corrected chi connectivity index (χ2v) is 2.78. The van der Waals surface area contributed by atoms with E-state index < -0.39 is 0 Å². The minimum absolute atomic E-state index is 1.08. The minimum Gasteiger partial charge on any atom is -0.294 e. The van der Waals surface area contributed by atoms with Crippen LogP contribution in [0.2, 0.25) is 0 Å². The molecule has 0 aromatic carbocycles. The van der Waals surface area contributed by atoms with Crippen LogP contribution in [-0.4, -0.2) is 12.3 Å². The first-order chi connectivity index (χ1) is 4.81. The number of hydrogen-bond donors (Lipinski definition) is 0. The molecule has 0 spiro atoms. The Hall–Kier alpha value is -0.330. The van der Waals surface area contributed by atoms with Gasteiger partial charge in [-0.05, 0) is 26.2 Å². The van der Waals surface area contributed by atoms with Crippen molar-refractivity contribution in [3.63, 3.8) is 0 Å². The lowest BCUT2D eigenvalue weighted by Crippen LogP contribution is -1.99. The van der Waals surface area contributed by atoms with Crippen LogP contribution in [0.25, 0.3) is 0 Å². The van der Waals surface area contributed by atoms with Crippen LogP contribution in [0.4, 0.5) is 0 Å². The van der Waals surface area contributed by atoms with Gasteiger partial charge in [-0.15, -0.1) is 0 Å². The zero-order valence-electron chi connectivity index (χ0n) is 7.48. The molecular weight excluding hydrogens is 122 g/mol. The minimum atomic E-state index is 1.08. The molecule has 1 heteroatoms. The molecule has 0 unspecified atom stereocenters. The highest BCUT2D eigenvalue weighted by molar-refractivity contribution is 5.82. The highest BCUT2D eigenvalue weighted by atomic mass is 14.7. The summed E-state index contributed by atoms with van der Waals surface area (Å²) < 4.78 is 0. The van der Waals surface area contributed by atoms with Gasteiger partial charge in [0.05, 0.1) is 0 Å². The van der Waals surface area contributed by atoms with Crippen LogP contribution in [0.1, 0.15) is 46.5 Å². The van der Waals surface area contributed by atoms with E-state index in [1.54, 1.807) is 0 Å². The number of hydrogen-bond acceptors (Lipinski definition) is 1. The van der Waals surface area contributed by atoms with Crippen molar-refractivity contribution in [2.45, 2.75) is 46.5 Å². The molecule has 1 nitrogen and oxygen atoms in total. The molecule has 0 saturated heterocycles. The summed E-state index contributed by atoms with van der Waals surface area (Å²) in [5, 5.41) is 0. The summed E-state index contributed by atoms with van der Waals surface area (Å²) in [6.45, 7) is 7.44. The number of aliphatic imine (C=N–C) groups is 1. The van der Waals surface area contributed by atoms with Crippen molar-refractivity contribution in [2.24, 2.45) is 4.99 Å². The first-order valence-corrected chi connectivity index (χ1v) is 4.31. The Balaban J connectivity index is 0.000000236. The molecule has 1 aliphatic heterocycles. The summed E-state index contributed by atoms with van der Waals surface area (Å²) in [4.78, 5) is 4.25. The Labute approximate surface area is 64.6 Å². The lowest BCUT2D eigenvalue weighted by molar-refractivity contribution is 0.736. The molecule has 1 aliphatic rings. The Morgan fingerprint density at radius 1 is 1.30 bits per heavy atom. The van der Waals surface area contributed by atoms with E-state index in [2.05, 4.69) is 25.8 Å². The van der Waals surface area contributed by atoms with Crippen molar-refractivity contribution in [1.82, 2.24) is 0 Å². The Morgan fingerprint density at radius 3 is 2.10 bits per heavy atom. The SMILES string of the molecule is CC1=NCCCC1.CCC. The van der Waals surface area contributed by atoms with Crippen LogP contribution in [0.3, 0.4) is 0 Å². The highest BCUT2D eigenvalue weighted by Crippen LogP contribution is 2.03. The Morgan fingerprint density at radius 2 is 1.90 bits per heavy atom.